The van der Waals surface area contributed by atoms with Crippen molar-refractivity contribution in [1.29, 1.82) is 5.26 Å². The Kier molecular flexibility index (Phi) is 7.05. The normalized spacial score (nSPS) is 13.2. The van der Waals surface area contributed by atoms with Gasteiger partial charge in [0.2, 0.25) is 0 Å². The van der Waals surface area contributed by atoms with Crippen molar-refractivity contribution in [3.63, 3.8) is 0 Å². The van der Waals surface area contributed by atoms with Crippen molar-refractivity contribution >= 4 is 40.1 Å². The van der Waals surface area contributed by atoms with Gasteiger partial charge in [-0.05, 0) is 53.8 Å². The van der Waals surface area contributed by atoms with Gasteiger partial charge in [0, 0.05) is 17.6 Å². The summed E-state index contributed by atoms with van der Waals surface area (Å²) in [6.07, 6.45) is 3.72. The van der Waals surface area contributed by atoms with E-state index in [1.165, 1.54) is 4.90 Å². The van der Waals surface area contributed by atoms with Crippen LogP contribution in [0.4, 0.5) is 5.69 Å². The smallest absolute Gasteiger partial charge is 0.339 e. The van der Waals surface area contributed by atoms with Gasteiger partial charge >= 0.3 is 5.97 Å². The van der Waals surface area contributed by atoms with E-state index in [1.54, 1.807) is 12.1 Å². The van der Waals surface area contributed by atoms with Crippen LogP contribution in [0.1, 0.15) is 40.0 Å². The van der Waals surface area contributed by atoms with Crippen LogP contribution in [-0.4, -0.2) is 30.0 Å². The molecular formula is C31H25N3O3. The number of benzene rings is 3. The van der Waals surface area contributed by atoms with Crippen molar-refractivity contribution in [3.05, 3.63) is 107 Å². The zero-order valence-electron chi connectivity index (χ0n) is 20.3. The van der Waals surface area contributed by atoms with E-state index in [4.69, 9.17) is 15.0 Å². The number of hydrogen-bond acceptors (Lipinski definition) is 5. The van der Waals surface area contributed by atoms with Crippen molar-refractivity contribution < 1.29 is 14.3 Å². The third kappa shape index (κ3) is 5.12. The number of para-hydroxylation sites is 2. The summed E-state index contributed by atoms with van der Waals surface area (Å²) in [7, 11) is 0. The molecule has 0 aliphatic heterocycles. The van der Waals surface area contributed by atoms with E-state index in [9.17, 15) is 9.59 Å². The van der Waals surface area contributed by atoms with Crippen molar-refractivity contribution in [1.82, 2.24) is 4.98 Å². The van der Waals surface area contributed by atoms with Gasteiger partial charge in [-0.1, -0.05) is 66.7 Å². The summed E-state index contributed by atoms with van der Waals surface area (Å²) < 4.78 is 5.60. The number of fused-ring (bicyclic) bond motifs is 2. The van der Waals surface area contributed by atoms with Gasteiger partial charge in [-0.15, -0.1) is 0 Å². The number of aromatic nitrogens is 1. The fourth-order valence-corrected chi connectivity index (χ4v) is 4.71. The van der Waals surface area contributed by atoms with Crippen molar-refractivity contribution in [2.24, 2.45) is 0 Å². The molecule has 1 aliphatic carbocycles. The highest BCUT2D eigenvalue weighted by Gasteiger charge is 2.28. The van der Waals surface area contributed by atoms with E-state index in [2.05, 4.69) is 12.1 Å². The highest BCUT2D eigenvalue weighted by molar-refractivity contribution is 6.08. The fraction of sp³-hybridized carbons (Fsp3) is 0.161. The lowest BCUT2D eigenvalue weighted by Crippen LogP contribution is -2.35. The Labute approximate surface area is 215 Å². The van der Waals surface area contributed by atoms with E-state index >= 15 is 0 Å². The predicted octanol–water partition coefficient (Wildman–Crippen LogP) is 5.83. The first kappa shape index (κ1) is 24.0. The third-order valence-corrected chi connectivity index (χ3v) is 6.43. The molecular weight excluding hydrogens is 462 g/mol. The topological polar surface area (TPSA) is 83.3 Å². The van der Waals surface area contributed by atoms with E-state index in [0.717, 1.165) is 28.8 Å². The Bertz CT molecular complexity index is 1520. The van der Waals surface area contributed by atoms with Crippen LogP contribution < -0.4 is 4.90 Å². The number of pyridine rings is 1. The zero-order chi connectivity index (χ0) is 25.6. The summed E-state index contributed by atoms with van der Waals surface area (Å²) in [5, 5.41) is 9.74. The molecule has 6 nitrogen and oxygen atoms in total. The Morgan fingerprint density at radius 2 is 1.65 bits per heavy atom. The van der Waals surface area contributed by atoms with Gasteiger partial charge in [-0.2, -0.15) is 5.26 Å². The molecule has 0 bridgehead atoms. The highest BCUT2D eigenvalue weighted by atomic mass is 16.5. The molecule has 0 radical (unpaired) electrons. The molecule has 3 aromatic carbocycles. The van der Waals surface area contributed by atoms with Crippen molar-refractivity contribution in [2.45, 2.75) is 19.3 Å². The maximum atomic E-state index is 13.5. The predicted molar refractivity (Wildman–Crippen MR) is 144 cm³/mol. The van der Waals surface area contributed by atoms with Crippen LogP contribution in [0.5, 0.6) is 0 Å². The molecule has 1 heterocycles. The SMILES string of the molecule is N#CCCN(C(=O)COC(=O)c1c2c(nc3ccccc13)C(=Cc1ccccc1)CC2)c1ccccc1. The summed E-state index contributed by atoms with van der Waals surface area (Å²) in [4.78, 5) is 32.9. The van der Waals surface area contributed by atoms with Crippen molar-refractivity contribution in [2.75, 3.05) is 18.1 Å². The van der Waals surface area contributed by atoms with Gasteiger partial charge in [0.05, 0.1) is 29.3 Å². The number of rotatable bonds is 7. The lowest BCUT2D eigenvalue weighted by atomic mass is 10.0. The van der Waals surface area contributed by atoms with Gasteiger partial charge < -0.3 is 9.64 Å². The number of nitriles is 1. The van der Waals surface area contributed by atoms with Crippen LogP contribution in [0.2, 0.25) is 0 Å². The molecule has 0 spiro atoms. The molecule has 182 valence electrons. The number of ether oxygens (including phenoxy) is 1. The van der Waals surface area contributed by atoms with Gasteiger partial charge in [0.1, 0.15) is 0 Å². The van der Waals surface area contributed by atoms with Crippen LogP contribution in [0, 0.1) is 11.3 Å². The molecule has 1 aromatic heterocycles. The van der Waals surface area contributed by atoms with E-state index < -0.39 is 12.6 Å². The molecule has 1 aliphatic rings. The summed E-state index contributed by atoms with van der Waals surface area (Å²) in [5.41, 5.74) is 5.64. The third-order valence-electron chi connectivity index (χ3n) is 6.43. The van der Waals surface area contributed by atoms with E-state index in [0.29, 0.717) is 28.6 Å². The summed E-state index contributed by atoms with van der Waals surface area (Å²) in [5.74, 6) is -0.924. The van der Waals surface area contributed by atoms with Crippen LogP contribution in [0.3, 0.4) is 0 Å². The monoisotopic (exact) mass is 487 g/mol. The second kappa shape index (κ2) is 10.9. The maximum Gasteiger partial charge on any atom is 0.339 e. The molecule has 0 N–H and O–H groups in total. The largest absolute Gasteiger partial charge is 0.452 e. The molecule has 0 saturated carbocycles. The van der Waals surface area contributed by atoms with E-state index in [1.807, 2.05) is 72.8 Å². The van der Waals surface area contributed by atoms with Crippen LogP contribution in [0.25, 0.3) is 22.6 Å². The molecule has 0 atom stereocenters. The van der Waals surface area contributed by atoms with Gasteiger partial charge in [0.15, 0.2) is 6.61 Å². The minimum Gasteiger partial charge on any atom is -0.452 e. The number of anilines is 1. The maximum absolute atomic E-state index is 13.5. The second-order valence-corrected chi connectivity index (χ2v) is 8.78. The minimum absolute atomic E-state index is 0.174. The van der Waals surface area contributed by atoms with Gasteiger partial charge in [0.25, 0.3) is 5.91 Å². The molecule has 4 aromatic rings. The zero-order valence-corrected chi connectivity index (χ0v) is 20.3. The average molecular weight is 488 g/mol. The quantitative estimate of drug-likeness (QED) is 0.307. The Hall–Kier alpha value is -4.76. The molecule has 0 unspecified atom stereocenters. The number of esters is 1. The highest BCUT2D eigenvalue weighted by Crippen LogP contribution is 2.37. The van der Waals surface area contributed by atoms with Crippen LogP contribution in [-0.2, 0) is 16.0 Å². The fourth-order valence-electron chi connectivity index (χ4n) is 4.71. The Morgan fingerprint density at radius 1 is 0.946 bits per heavy atom. The van der Waals surface area contributed by atoms with E-state index in [-0.39, 0.29) is 18.9 Å². The standard InChI is InChI=1S/C31H25N3O3/c32-18-9-19-34(24-12-5-2-6-13-24)28(35)21-37-31(36)29-25-14-7-8-15-27(25)33-30-23(16-17-26(29)30)20-22-10-3-1-4-11-22/h1-8,10-15,20H,9,16-17,19,21H2. The molecule has 6 heteroatoms. The molecule has 37 heavy (non-hydrogen) atoms. The first-order valence-electron chi connectivity index (χ1n) is 12.2. The number of allylic oxidation sites excluding steroid dienone is 1. The Balaban J connectivity index is 1.44. The second-order valence-electron chi connectivity index (χ2n) is 8.78. The van der Waals surface area contributed by atoms with Crippen LogP contribution in [0.15, 0.2) is 84.9 Å². The summed E-state index contributed by atoms with van der Waals surface area (Å²) >= 11 is 0. The molecule has 0 fully saturated rings. The molecule has 1 amide bonds. The first-order valence-corrected chi connectivity index (χ1v) is 12.2. The van der Waals surface area contributed by atoms with Crippen molar-refractivity contribution in [3.8, 4) is 6.07 Å². The number of amides is 1. The van der Waals surface area contributed by atoms with Crippen LogP contribution >= 0.6 is 0 Å². The lowest BCUT2D eigenvalue weighted by molar-refractivity contribution is -0.121. The van der Waals surface area contributed by atoms with Gasteiger partial charge in [-0.25, -0.2) is 9.78 Å². The average Bonchev–Trinajstić information content (AvgIpc) is 3.33. The summed E-state index contributed by atoms with van der Waals surface area (Å²) in [6.45, 7) is -0.199. The number of nitrogens with zero attached hydrogens (tertiary/aromatic N) is 3. The summed E-state index contributed by atoms with van der Waals surface area (Å²) in [6, 6.07) is 28.7. The van der Waals surface area contributed by atoms with Gasteiger partial charge in [-0.3, -0.25) is 4.79 Å². The Morgan fingerprint density at radius 3 is 2.41 bits per heavy atom. The first-order chi connectivity index (χ1) is 18.2. The number of carbonyl (C=O) groups excluding carboxylic acids is 2. The molecule has 5 rings (SSSR count). The minimum atomic E-state index is -0.544. The number of hydrogen-bond donors (Lipinski definition) is 0. The number of carbonyl (C=O) groups is 2. The molecule has 0 saturated heterocycles. The lowest BCUT2D eigenvalue weighted by Gasteiger charge is -2.21.